The van der Waals surface area contributed by atoms with Crippen molar-refractivity contribution in [2.24, 2.45) is 11.3 Å². The molecule has 1 aromatic heterocycles. The zero-order chi connectivity index (χ0) is 25.5. The standard InChI is InChI=1S/C30H39N3O3/c1-20(2)21-13-15-24(16-14-21)30(35,29(3)18-33(4)19-29)25-12-8-11-23(17-25)27-31-28(36-32-27)26(34)22-9-6-5-7-10-22/h8,11-17,20,22,26,34-35H,5-7,9-10,18-19H2,1-4H3/t26-,30+/m1/s1. The minimum Gasteiger partial charge on any atom is -0.383 e. The molecule has 0 unspecified atom stereocenters. The summed E-state index contributed by atoms with van der Waals surface area (Å²) in [6, 6.07) is 16.2. The van der Waals surface area contributed by atoms with Crippen LogP contribution in [-0.4, -0.2) is 45.4 Å². The molecule has 36 heavy (non-hydrogen) atoms. The maximum Gasteiger partial charge on any atom is 0.256 e. The van der Waals surface area contributed by atoms with Crippen LogP contribution in [0, 0.1) is 11.3 Å². The van der Waals surface area contributed by atoms with Gasteiger partial charge in [-0.3, -0.25) is 0 Å². The zero-order valence-electron chi connectivity index (χ0n) is 21.9. The van der Waals surface area contributed by atoms with Crippen LogP contribution < -0.4 is 0 Å². The van der Waals surface area contributed by atoms with Crippen LogP contribution in [0.15, 0.2) is 53.1 Å². The predicted octanol–water partition coefficient (Wildman–Crippen LogP) is 5.66. The lowest BCUT2D eigenvalue weighted by Gasteiger charge is -2.56. The highest BCUT2D eigenvalue weighted by Crippen LogP contribution is 2.50. The number of hydrogen-bond acceptors (Lipinski definition) is 6. The van der Waals surface area contributed by atoms with E-state index in [1.54, 1.807) is 0 Å². The van der Waals surface area contributed by atoms with Crippen molar-refractivity contribution >= 4 is 0 Å². The van der Waals surface area contributed by atoms with Crippen molar-refractivity contribution in [1.29, 1.82) is 0 Å². The third-order valence-electron chi connectivity index (χ3n) is 8.44. The van der Waals surface area contributed by atoms with Crippen molar-refractivity contribution in [2.75, 3.05) is 20.1 Å². The molecule has 192 valence electrons. The Labute approximate surface area is 214 Å². The van der Waals surface area contributed by atoms with Crippen LogP contribution in [0.4, 0.5) is 0 Å². The van der Waals surface area contributed by atoms with Gasteiger partial charge in [-0.25, -0.2) is 0 Å². The van der Waals surface area contributed by atoms with E-state index < -0.39 is 11.7 Å². The molecule has 6 heteroatoms. The lowest BCUT2D eigenvalue weighted by atomic mass is 9.62. The number of likely N-dealkylation sites (tertiary alicyclic amines) is 1. The van der Waals surface area contributed by atoms with Crippen LogP contribution in [0.2, 0.25) is 0 Å². The molecular formula is C30H39N3O3. The van der Waals surface area contributed by atoms with Gasteiger partial charge in [-0.1, -0.05) is 87.7 Å². The maximum atomic E-state index is 12.5. The lowest BCUT2D eigenvalue weighted by Crippen LogP contribution is -2.63. The SMILES string of the molecule is CC(C)c1ccc([C@](O)(c2cccc(-c3noc([C@H](O)C4CCCCC4)n3)c2)C2(C)CN(C)C2)cc1. The van der Waals surface area contributed by atoms with Crippen molar-refractivity contribution in [3.63, 3.8) is 0 Å². The van der Waals surface area contributed by atoms with Gasteiger partial charge in [-0.15, -0.1) is 0 Å². The Kier molecular flexibility index (Phi) is 6.79. The Morgan fingerprint density at radius 2 is 1.72 bits per heavy atom. The molecule has 1 saturated carbocycles. The molecule has 1 aliphatic carbocycles. The van der Waals surface area contributed by atoms with Gasteiger partial charge >= 0.3 is 0 Å². The van der Waals surface area contributed by atoms with Gasteiger partial charge in [0.25, 0.3) is 5.89 Å². The minimum absolute atomic E-state index is 0.174. The van der Waals surface area contributed by atoms with Crippen LogP contribution in [0.1, 0.15) is 87.5 Å². The molecular weight excluding hydrogens is 450 g/mol. The molecule has 2 aliphatic rings. The van der Waals surface area contributed by atoms with Gasteiger partial charge in [0.2, 0.25) is 5.82 Å². The van der Waals surface area contributed by atoms with E-state index in [0.29, 0.717) is 11.7 Å². The first kappa shape index (κ1) is 25.1. The first-order valence-corrected chi connectivity index (χ1v) is 13.4. The van der Waals surface area contributed by atoms with Crippen molar-refractivity contribution in [2.45, 2.75) is 70.5 Å². The molecule has 2 atom stereocenters. The normalized spacial score (nSPS) is 21.2. The van der Waals surface area contributed by atoms with E-state index >= 15 is 0 Å². The van der Waals surface area contributed by atoms with E-state index in [9.17, 15) is 10.2 Å². The number of nitrogens with zero attached hydrogens (tertiary/aromatic N) is 3. The van der Waals surface area contributed by atoms with Gasteiger partial charge in [-0.05, 0) is 54.5 Å². The van der Waals surface area contributed by atoms with Crippen molar-refractivity contribution < 1.29 is 14.7 Å². The summed E-state index contributed by atoms with van der Waals surface area (Å²) in [5.41, 5.74) is 2.19. The molecule has 1 saturated heterocycles. The summed E-state index contributed by atoms with van der Waals surface area (Å²) in [7, 11) is 2.08. The Hall–Kier alpha value is -2.54. The quantitative estimate of drug-likeness (QED) is 0.446. The van der Waals surface area contributed by atoms with Gasteiger partial charge in [0.15, 0.2) is 0 Å². The topological polar surface area (TPSA) is 82.6 Å². The molecule has 0 bridgehead atoms. The van der Waals surface area contributed by atoms with Crippen molar-refractivity contribution in [1.82, 2.24) is 15.0 Å². The third-order valence-corrected chi connectivity index (χ3v) is 8.44. The second-order valence-corrected chi connectivity index (χ2v) is 11.6. The fourth-order valence-corrected chi connectivity index (χ4v) is 6.35. The highest BCUT2D eigenvalue weighted by atomic mass is 16.5. The lowest BCUT2D eigenvalue weighted by molar-refractivity contribution is -0.127. The summed E-state index contributed by atoms with van der Waals surface area (Å²) in [6.45, 7) is 8.09. The van der Waals surface area contributed by atoms with Crippen LogP contribution in [0.3, 0.4) is 0 Å². The third kappa shape index (κ3) is 4.40. The van der Waals surface area contributed by atoms with Crippen LogP contribution in [-0.2, 0) is 5.60 Å². The fraction of sp³-hybridized carbons (Fsp3) is 0.533. The minimum atomic E-state index is -1.18. The molecule has 2 aromatic carbocycles. The predicted molar refractivity (Wildman–Crippen MR) is 140 cm³/mol. The Balaban J connectivity index is 1.50. The largest absolute Gasteiger partial charge is 0.383 e. The van der Waals surface area contributed by atoms with Crippen LogP contribution >= 0.6 is 0 Å². The second-order valence-electron chi connectivity index (χ2n) is 11.6. The summed E-state index contributed by atoms with van der Waals surface area (Å²) >= 11 is 0. The summed E-state index contributed by atoms with van der Waals surface area (Å²) in [6.07, 6.45) is 4.75. The average Bonchev–Trinajstić information content (AvgIpc) is 3.38. The molecule has 6 nitrogen and oxygen atoms in total. The summed E-state index contributed by atoms with van der Waals surface area (Å²) in [4.78, 5) is 6.80. The monoisotopic (exact) mass is 489 g/mol. The Morgan fingerprint density at radius 1 is 1.03 bits per heavy atom. The van der Waals surface area contributed by atoms with E-state index in [4.69, 9.17) is 4.52 Å². The Morgan fingerprint density at radius 3 is 2.36 bits per heavy atom. The molecule has 5 rings (SSSR count). The fourth-order valence-electron chi connectivity index (χ4n) is 6.35. The molecule has 0 radical (unpaired) electrons. The summed E-state index contributed by atoms with van der Waals surface area (Å²) in [5, 5.41) is 27.5. The number of hydrogen-bond donors (Lipinski definition) is 2. The maximum absolute atomic E-state index is 12.5. The number of aliphatic hydroxyl groups is 2. The van der Waals surface area contributed by atoms with Crippen molar-refractivity contribution in [3.05, 3.63) is 71.1 Å². The van der Waals surface area contributed by atoms with Gasteiger partial charge in [-0.2, -0.15) is 4.98 Å². The number of aliphatic hydroxyl groups excluding tert-OH is 1. The molecule has 2 N–H and O–H groups in total. The number of rotatable bonds is 7. The van der Waals surface area contributed by atoms with Crippen LogP contribution in [0.5, 0.6) is 0 Å². The summed E-state index contributed by atoms with van der Waals surface area (Å²) < 4.78 is 5.51. The van der Waals surface area contributed by atoms with E-state index in [0.717, 1.165) is 55.5 Å². The van der Waals surface area contributed by atoms with Gasteiger partial charge < -0.3 is 19.6 Å². The molecule has 3 aromatic rings. The van der Waals surface area contributed by atoms with Gasteiger partial charge in [0, 0.05) is 24.1 Å². The van der Waals surface area contributed by atoms with E-state index in [1.165, 1.54) is 12.0 Å². The molecule has 1 aliphatic heterocycles. The number of benzene rings is 2. The van der Waals surface area contributed by atoms with Crippen molar-refractivity contribution in [3.8, 4) is 11.4 Å². The highest BCUT2D eigenvalue weighted by Gasteiger charge is 2.55. The van der Waals surface area contributed by atoms with Crippen LogP contribution in [0.25, 0.3) is 11.4 Å². The Bertz CT molecular complexity index is 1180. The number of aromatic nitrogens is 2. The first-order valence-electron chi connectivity index (χ1n) is 13.4. The molecule has 0 spiro atoms. The van der Waals surface area contributed by atoms with Gasteiger partial charge in [0.05, 0.1) is 0 Å². The molecule has 2 heterocycles. The summed E-state index contributed by atoms with van der Waals surface area (Å²) in [5.74, 6) is 1.33. The van der Waals surface area contributed by atoms with E-state index in [-0.39, 0.29) is 17.2 Å². The molecule has 0 amide bonds. The van der Waals surface area contributed by atoms with E-state index in [1.807, 2.05) is 24.3 Å². The van der Waals surface area contributed by atoms with E-state index in [2.05, 4.69) is 67.1 Å². The van der Waals surface area contributed by atoms with Gasteiger partial charge in [0.1, 0.15) is 11.7 Å². The first-order chi connectivity index (χ1) is 17.2. The smallest absolute Gasteiger partial charge is 0.256 e. The highest BCUT2D eigenvalue weighted by molar-refractivity contribution is 5.58. The molecule has 2 fully saturated rings. The average molecular weight is 490 g/mol. The zero-order valence-corrected chi connectivity index (χ0v) is 21.9. The second kappa shape index (κ2) is 9.73.